The molecule has 0 heterocycles. The van der Waals surface area contributed by atoms with Crippen molar-refractivity contribution in [3.05, 3.63) is 56.2 Å². The highest BCUT2D eigenvalue weighted by Crippen LogP contribution is 2.35. The standard InChI is InChI=1S/C13H7BrCl2FNO2/c14-9-4-7(17)5-10(16)12(9)18-11-2-1-6(15)3-8(11)13(19)20/h1-5,18H,(H,19,20). The Bertz CT molecular complexity index is 671. The summed E-state index contributed by atoms with van der Waals surface area (Å²) in [6.45, 7) is 0. The van der Waals surface area contributed by atoms with E-state index in [1.807, 2.05) is 0 Å². The van der Waals surface area contributed by atoms with Crippen LogP contribution in [0.3, 0.4) is 0 Å². The number of carboxylic acids is 1. The van der Waals surface area contributed by atoms with Crippen molar-refractivity contribution in [2.45, 2.75) is 0 Å². The smallest absolute Gasteiger partial charge is 0.337 e. The monoisotopic (exact) mass is 377 g/mol. The first-order valence-electron chi connectivity index (χ1n) is 5.33. The Balaban J connectivity index is 2.48. The van der Waals surface area contributed by atoms with Gasteiger partial charge in [-0.2, -0.15) is 0 Å². The van der Waals surface area contributed by atoms with Gasteiger partial charge in [0.1, 0.15) is 5.82 Å². The van der Waals surface area contributed by atoms with Gasteiger partial charge in [0, 0.05) is 9.50 Å². The van der Waals surface area contributed by atoms with Crippen molar-refractivity contribution in [2.24, 2.45) is 0 Å². The predicted octanol–water partition coefficient (Wildman–Crippen LogP) is 5.34. The van der Waals surface area contributed by atoms with Crippen molar-refractivity contribution in [3.63, 3.8) is 0 Å². The van der Waals surface area contributed by atoms with E-state index in [9.17, 15) is 9.18 Å². The number of halogens is 4. The lowest BCUT2D eigenvalue weighted by Crippen LogP contribution is -2.03. The van der Waals surface area contributed by atoms with Crippen LogP contribution in [0.4, 0.5) is 15.8 Å². The number of aromatic carboxylic acids is 1. The first-order valence-corrected chi connectivity index (χ1v) is 6.88. The number of anilines is 2. The van der Waals surface area contributed by atoms with E-state index < -0.39 is 11.8 Å². The van der Waals surface area contributed by atoms with Crippen LogP contribution >= 0.6 is 39.1 Å². The van der Waals surface area contributed by atoms with Gasteiger partial charge in [-0.1, -0.05) is 23.2 Å². The lowest BCUT2D eigenvalue weighted by molar-refractivity contribution is 0.0698. The molecule has 2 aromatic carbocycles. The van der Waals surface area contributed by atoms with Crippen molar-refractivity contribution in [3.8, 4) is 0 Å². The fourth-order valence-corrected chi connectivity index (χ4v) is 2.67. The molecule has 0 saturated heterocycles. The van der Waals surface area contributed by atoms with E-state index in [0.717, 1.165) is 6.07 Å². The molecule has 0 aromatic heterocycles. The van der Waals surface area contributed by atoms with Crippen molar-refractivity contribution < 1.29 is 14.3 Å². The molecule has 7 heteroatoms. The van der Waals surface area contributed by atoms with Crippen LogP contribution in [0.25, 0.3) is 0 Å². The molecule has 0 radical (unpaired) electrons. The number of carboxylic acid groups (broad SMARTS) is 1. The topological polar surface area (TPSA) is 49.3 Å². The van der Waals surface area contributed by atoms with Crippen LogP contribution in [0.2, 0.25) is 10.0 Å². The second-order valence-corrected chi connectivity index (χ2v) is 5.56. The summed E-state index contributed by atoms with van der Waals surface area (Å²) in [6, 6.07) is 6.73. The summed E-state index contributed by atoms with van der Waals surface area (Å²) in [7, 11) is 0. The van der Waals surface area contributed by atoms with Gasteiger partial charge >= 0.3 is 5.97 Å². The number of carbonyl (C=O) groups is 1. The van der Waals surface area contributed by atoms with Crippen molar-refractivity contribution in [1.29, 1.82) is 0 Å². The molecule has 3 nitrogen and oxygen atoms in total. The van der Waals surface area contributed by atoms with E-state index in [-0.39, 0.29) is 10.6 Å². The Morgan fingerprint density at radius 2 is 1.95 bits per heavy atom. The third-order valence-electron chi connectivity index (χ3n) is 2.48. The number of nitrogens with one attached hydrogen (secondary N) is 1. The highest BCUT2D eigenvalue weighted by molar-refractivity contribution is 9.10. The van der Waals surface area contributed by atoms with E-state index in [0.29, 0.717) is 20.9 Å². The van der Waals surface area contributed by atoms with E-state index in [1.54, 1.807) is 6.07 Å². The molecular formula is C13H7BrCl2FNO2. The minimum absolute atomic E-state index is 0.00945. The molecule has 0 amide bonds. The normalized spacial score (nSPS) is 10.4. The molecule has 0 fully saturated rings. The molecular weight excluding hydrogens is 372 g/mol. The Hall–Kier alpha value is -1.30. The largest absolute Gasteiger partial charge is 0.478 e. The molecule has 20 heavy (non-hydrogen) atoms. The van der Waals surface area contributed by atoms with Crippen molar-refractivity contribution in [1.82, 2.24) is 0 Å². The zero-order valence-electron chi connectivity index (χ0n) is 9.75. The summed E-state index contributed by atoms with van der Waals surface area (Å²) in [5.74, 6) is -1.63. The average Bonchev–Trinajstić information content (AvgIpc) is 2.34. The number of rotatable bonds is 3. The molecule has 2 aromatic rings. The lowest BCUT2D eigenvalue weighted by Gasteiger charge is -2.13. The van der Waals surface area contributed by atoms with Crippen LogP contribution in [0.5, 0.6) is 0 Å². The Labute approximate surface area is 132 Å². The van der Waals surface area contributed by atoms with Crippen LogP contribution < -0.4 is 5.32 Å². The van der Waals surface area contributed by atoms with E-state index >= 15 is 0 Å². The first-order chi connectivity index (χ1) is 9.38. The third-order valence-corrected chi connectivity index (χ3v) is 3.64. The molecule has 0 aliphatic carbocycles. The maximum absolute atomic E-state index is 13.2. The molecule has 2 rings (SSSR count). The van der Waals surface area contributed by atoms with Crippen LogP contribution in [0, 0.1) is 5.82 Å². The summed E-state index contributed by atoms with van der Waals surface area (Å²) in [4.78, 5) is 11.2. The zero-order chi connectivity index (χ0) is 14.9. The van der Waals surface area contributed by atoms with Gasteiger partial charge in [-0.15, -0.1) is 0 Å². The van der Waals surface area contributed by atoms with Gasteiger partial charge in [0.2, 0.25) is 0 Å². The van der Waals surface area contributed by atoms with Gasteiger partial charge in [-0.3, -0.25) is 0 Å². The Morgan fingerprint density at radius 3 is 2.55 bits per heavy atom. The first kappa shape index (κ1) is 15.1. The fourth-order valence-electron chi connectivity index (χ4n) is 1.60. The summed E-state index contributed by atoms with van der Waals surface area (Å²) >= 11 is 14.9. The SMILES string of the molecule is O=C(O)c1cc(Cl)ccc1Nc1c(Cl)cc(F)cc1Br. The lowest BCUT2D eigenvalue weighted by atomic mass is 10.1. The van der Waals surface area contributed by atoms with Crippen LogP contribution in [0.15, 0.2) is 34.8 Å². The fraction of sp³-hybridized carbons (Fsp3) is 0. The molecule has 0 saturated carbocycles. The third kappa shape index (κ3) is 3.23. The van der Waals surface area contributed by atoms with E-state index in [4.69, 9.17) is 28.3 Å². The highest BCUT2D eigenvalue weighted by Gasteiger charge is 2.14. The Morgan fingerprint density at radius 1 is 1.25 bits per heavy atom. The predicted molar refractivity (Wildman–Crippen MR) is 80.8 cm³/mol. The molecule has 0 bridgehead atoms. The molecule has 0 unspecified atom stereocenters. The summed E-state index contributed by atoms with van der Waals surface area (Å²) in [5, 5.41) is 12.4. The minimum atomic E-state index is -1.13. The molecule has 0 spiro atoms. The van der Waals surface area contributed by atoms with Gasteiger partial charge in [0.15, 0.2) is 0 Å². The molecule has 2 N–H and O–H groups in total. The summed E-state index contributed by atoms with van der Waals surface area (Å²) < 4.78 is 13.5. The summed E-state index contributed by atoms with van der Waals surface area (Å²) in [5.41, 5.74) is 0.666. The maximum Gasteiger partial charge on any atom is 0.337 e. The van der Waals surface area contributed by atoms with Gasteiger partial charge in [0.05, 0.1) is 22.0 Å². The average molecular weight is 379 g/mol. The van der Waals surface area contributed by atoms with Crippen LogP contribution in [0.1, 0.15) is 10.4 Å². The molecule has 0 aliphatic heterocycles. The molecule has 0 atom stereocenters. The molecule has 104 valence electrons. The summed E-state index contributed by atoms with van der Waals surface area (Å²) in [6.07, 6.45) is 0. The number of hydrogen-bond donors (Lipinski definition) is 2. The number of benzene rings is 2. The Kier molecular flexibility index (Phi) is 4.52. The minimum Gasteiger partial charge on any atom is -0.478 e. The van der Waals surface area contributed by atoms with Gasteiger partial charge in [-0.25, -0.2) is 9.18 Å². The second kappa shape index (κ2) is 5.99. The number of hydrogen-bond acceptors (Lipinski definition) is 2. The highest BCUT2D eigenvalue weighted by atomic mass is 79.9. The second-order valence-electron chi connectivity index (χ2n) is 3.86. The quantitative estimate of drug-likeness (QED) is 0.758. The van der Waals surface area contributed by atoms with Crippen LogP contribution in [-0.2, 0) is 0 Å². The van der Waals surface area contributed by atoms with Gasteiger partial charge < -0.3 is 10.4 Å². The van der Waals surface area contributed by atoms with E-state index in [1.165, 1.54) is 18.2 Å². The zero-order valence-corrected chi connectivity index (χ0v) is 12.9. The van der Waals surface area contributed by atoms with Crippen molar-refractivity contribution in [2.75, 3.05) is 5.32 Å². The van der Waals surface area contributed by atoms with Gasteiger partial charge in [-0.05, 0) is 46.3 Å². The van der Waals surface area contributed by atoms with Crippen molar-refractivity contribution >= 4 is 56.5 Å². The van der Waals surface area contributed by atoms with Crippen LogP contribution in [-0.4, -0.2) is 11.1 Å². The maximum atomic E-state index is 13.2. The van der Waals surface area contributed by atoms with E-state index in [2.05, 4.69) is 21.2 Å². The van der Waals surface area contributed by atoms with Gasteiger partial charge in [0.25, 0.3) is 0 Å². The molecule has 0 aliphatic rings.